The molecule has 5 N–H and O–H groups in total. The summed E-state index contributed by atoms with van der Waals surface area (Å²) in [5.74, 6) is 0.0180. The van der Waals surface area contributed by atoms with Gasteiger partial charge in [-0.3, -0.25) is 0 Å². The van der Waals surface area contributed by atoms with Crippen molar-refractivity contribution < 1.29 is 9.84 Å². The van der Waals surface area contributed by atoms with Crippen LogP contribution in [-0.2, 0) is 11.3 Å². The summed E-state index contributed by atoms with van der Waals surface area (Å²) in [6.45, 7) is 5.98. The Hall–Kier alpha value is -1.82. The van der Waals surface area contributed by atoms with Gasteiger partial charge in [0.1, 0.15) is 0 Å². The summed E-state index contributed by atoms with van der Waals surface area (Å²) in [5, 5.41) is 6.48. The standard InChI is InChI=1S/C13H21N5O/c1-9-6-11(7-16-17-13(14)15)10(2)18(9)8-12-4-3-5-19-12/h6-7,12H,3-5,8H2,1-2H3,(H4,14,15,17)/p+1/b16-7+/t12-/m1/s1. The molecule has 1 aliphatic heterocycles. The lowest BCUT2D eigenvalue weighted by molar-refractivity contribution is -0.456. The maximum atomic E-state index is 5.69. The number of nitrogens with two attached hydrogens (primary N) is 2. The fourth-order valence-corrected chi connectivity index (χ4v) is 2.42. The van der Waals surface area contributed by atoms with E-state index in [-0.39, 0.29) is 5.96 Å². The Morgan fingerprint density at radius 1 is 1.58 bits per heavy atom. The summed E-state index contributed by atoms with van der Waals surface area (Å²) >= 11 is 0. The third kappa shape index (κ3) is 3.35. The van der Waals surface area contributed by atoms with Gasteiger partial charge in [0.05, 0.1) is 11.7 Å². The van der Waals surface area contributed by atoms with Crippen LogP contribution in [0, 0.1) is 13.8 Å². The summed E-state index contributed by atoms with van der Waals surface area (Å²) in [6, 6.07) is 2.11. The van der Waals surface area contributed by atoms with Crippen molar-refractivity contribution in [1.82, 2.24) is 4.57 Å². The lowest BCUT2D eigenvalue weighted by Crippen LogP contribution is -2.63. The van der Waals surface area contributed by atoms with Crippen LogP contribution in [0.5, 0.6) is 0 Å². The monoisotopic (exact) mass is 264 g/mol. The third-order valence-corrected chi connectivity index (χ3v) is 3.44. The molecule has 0 unspecified atom stereocenters. The second-order valence-electron chi connectivity index (χ2n) is 4.88. The Morgan fingerprint density at radius 2 is 2.37 bits per heavy atom. The molecule has 0 amide bonds. The molecule has 0 radical (unpaired) electrons. The van der Waals surface area contributed by atoms with Crippen molar-refractivity contribution in [3.8, 4) is 0 Å². The number of aryl methyl sites for hydroxylation is 1. The highest BCUT2D eigenvalue weighted by molar-refractivity contribution is 5.78. The molecular weight excluding hydrogens is 242 g/mol. The molecule has 0 bridgehead atoms. The minimum absolute atomic E-state index is 0.0180. The van der Waals surface area contributed by atoms with E-state index >= 15 is 0 Å². The van der Waals surface area contributed by atoms with Gasteiger partial charge in [0.2, 0.25) is 6.21 Å². The Bertz CT molecular complexity index is 493. The number of rotatable bonds is 4. The van der Waals surface area contributed by atoms with E-state index in [9.17, 15) is 0 Å². The minimum Gasteiger partial charge on any atom is -0.376 e. The topological polar surface area (TPSA) is 92.5 Å². The summed E-state index contributed by atoms with van der Waals surface area (Å²) in [5.41, 5.74) is 14.0. The average molecular weight is 264 g/mol. The highest BCUT2D eigenvalue weighted by Gasteiger charge is 2.18. The van der Waals surface area contributed by atoms with Crippen LogP contribution in [0.2, 0.25) is 0 Å². The van der Waals surface area contributed by atoms with Crippen LogP contribution in [-0.4, -0.2) is 29.5 Å². The summed E-state index contributed by atoms with van der Waals surface area (Å²) in [4.78, 5) is 0. The molecule has 2 rings (SSSR count). The number of nitrogens with one attached hydrogen (secondary N) is 1. The van der Waals surface area contributed by atoms with Crippen molar-refractivity contribution in [1.29, 1.82) is 0 Å². The molecule has 2 heterocycles. The smallest absolute Gasteiger partial charge is 0.256 e. The quantitative estimate of drug-likeness (QED) is 0.369. The van der Waals surface area contributed by atoms with Gasteiger partial charge >= 0.3 is 0 Å². The van der Waals surface area contributed by atoms with Gasteiger partial charge in [-0.2, -0.15) is 0 Å². The summed E-state index contributed by atoms with van der Waals surface area (Å²) in [7, 11) is 0. The lowest BCUT2D eigenvalue weighted by Gasteiger charge is -2.14. The zero-order valence-electron chi connectivity index (χ0n) is 11.5. The first-order chi connectivity index (χ1) is 9.08. The third-order valence-electron chi connectivity index (χ3n) is 3.44. The van der Waals surface area contributed by atoms with Crippen molar-refractivity contribution in [2.45, 2.75) is 39.3 Å². The van der Waals surface area contributed by atoms with Crippen LogP contribution < -0.4 is 16.6 Å². The van der Waals surface area contributed by atoms with Gasteiger partial charge in [0.25, 0.3) is 5.96 Å². The zero-order chi connectivity index (χ0) is 13.8. The maximum absolute atomic E-state index is 5.69. The number of ether oxygens (including phenoxy) is 1. The molecule has 1 aromatic heterocycles. The highest BCUT2D eigenvalue weighted by atomic mass is 16.5. The molecule has 0 saturated carbocycles. The molecule has 1 aromatic rings. The second-order valence-corrected chi connectivity index (χ2v) is 4.88. The Labute approximate surface area is 113 Å². The number of hydrogen-bond acceptors (Lipinski definition) is 2. The maximum Gasteiger partial charge on any atom is 0.256 e. The predicted molar refractivity (Wildman–Crippen MR) is 74.8 cm³/mol. The molecular formula is C13H22N5O+. The normalized spacial score (nSPS) is 19.2. The van der Waals surface area contributed by atoms with Gasteiger partial charge < -0.3 is 20.8 Å². The molecule has 1 atom stereocenters. The van der Waals surface area contributed by atoms with E-state index in [1.165, 1.54) is 11.4 Å². The fraction of sp³-hybridized carbons (Fsp3) is 0.538. The first kappa shape index (κ1) is 13.6. The van der Waals surface area contributed by atoms with Gasteiger partial charge in [-0.15, -0.1) is 5.10 Å². The number of guanidine groups is 1. The van der Waals surface area contributed by atoms with Gasteiger partial charge in [0.15, 0.2) is 0 Å². The first-order valence-corrected chi connectivity index (χ1v) is 6.53. The first-order valence-electron chi connectivity index (χ1n) is 6.53. The molecule has 104 valence electrons. The van der Waals surface area contributed by atoms with E-state index in [4.69, 9.17) is 16.2 Å². The molecule has 6 nitrogen and oxygen atoms in total. The molecule has 1 saturated heterocycles. The van der Waals surface area contributed by atoms with Crippen molar-refractivity contribution in [3.63, 3.8) is 0 Å². The second kappa shape index (κ2) is 5.88. The minimum atomic E-state index is 0.0180. The van der Waals surface area contributed by atoms with Gasteiger partial charge in [-0.05, 0) is 32.8 Å². The molecule has 0 aliphatic carbocycles. The predicted octanol–water partition coefficient (Wildman–Crippen LogP) is -1.03. The van der Waals surface area contributed by atoms with Crippen molar-refractivity contribution >= 4 is 12.2 Å². The highest BCUT2D eigenvalue weighted by Crippen LogP contribution is 2.19. The van der Waals surface area contributed by atoms with Crippen LogP contribution in [0.4, 0.5) is 0 Å². The molecule has 0 aromatic carbocycles. The largest absolute Gasteiger partial charge is 0.376 e. The van der Waals surface area contributed by atoms with E-state index in [1.807, 2.05) is 0 Å². The number of hydrazone groups is 1. The fourth-order valence-electron chi connectivity index (χ4n) is 2.42. The SMILES string of the molecule is Cc1cc(/C=[NH+]/N=C(N)N)c(C)n1C[C@H]1CCCO1. The molecule has 1 fully saturated rings. The summed E-state index contributed by atoms with van der Waals surface area (Å²) in [6.07, 6.45) is 4.44. The number of aromatic nitrogens is 1. The van der Waals surface area contributed by atoms with Crippen LogP contribution in [0.15, 0.2) is 11.2 Å². The van der Waals surface area contributed by atoms with Crippen LogP contribution in [0.1, 0.15) is 29.8 Å². The Balaban J connectivity index is 2.14. The van der Waals surface area contributed by atoms with E-state index in [1.54, 1.807) is 6.21 Å². The molecule has 1 aliphatic rings. The van der Waals surface area contributed by atoms with Crippen LogP contribution in [0.25, 0.3) is 0 Å². The van der Waals surface area contributed by atoms with Crippen molar-refractivity contribution in [2.24, 2.45) is 16.6 Å². The lowest BCUT2D eigenvalue weighted by atomic mass is 10.2. The van der Waals surface area contributed by atoms with E-state index in [2.05, 4.69) is 34.7 Å². The number of nitrogens with zero attached hydrogens (tertiary/aromatic N) is 2. The van der Waals surface area contributed by atoms with Gasteiger partial charge in [0, 0.05) is 29.6 Å². The van der Waals surface area contributed by atoms with Crippen LogP contribution >= 0.6 is 0 Å². The van der Waals surface area contributed by atoms with Crippen LogP contribution in [0.3, 0.4) is 0 Å². The zero-order valence-corrected chi connectivity index (χ0v) is 11.5. The van der Waals surface area contributed by atoms with E-state index < -0.39 is 0 Å². The molecule has 19 heavy (non-hydrogen) atoms. The Kier molecular flexibility index (Phi) is 4.21. The van der Waals surface area contributed by atoms with Crippen molar-refractivity contribution in [3.05, 3.63) is 23.0 Å². The van der Waals surface area contributed by atoms with Gasteiger partial charge in [-0.25, -0.2) is 0 Å². The molecule has 0 spiro atoms. The number of hydrogen-bond donors (Lipinski definition) is 3. The summed E-state index contributed by atoms with van der Waals surface area (Å²) < 4.78 is 7.96. The van der Waals surface area contributed by atoms with E-state index in [0.717, 1.165) is 31.6 Å². The Morgan fingerprint density at radius 3 is 3.00 bits per heavy atom. The van der Waals surface area contributed by atoms with E-state index in [0.29, 0.717) is 6.10 Å². The average Bonchev–Trinajstić information content (AvgIpc) is 2.93. The van der Waals surface area contributed by atoms with Gasteiger partial charge in [-0.1, -0.05) is 0 Å². The molecule has 6 heteroatoms. The van der Waals surface area contributed by atoms with Crippen molar-refractivity contribution in [2.75, 3.05) is 6.61 Å².